The molecule has 0 saturated heterocycles. The highest BCUT2D eigenvalue weighted by molar-refractivity contribution is 6.61. The Balaban J connectivity index is 1.87. The van der Waals surface area contributed by atoms with Crippen LogP contribution in [0.3, 0.4) is 0 Å². The fourth-order valence-electron chi connectivity index (χ4n) is 8.03. The van der Waals surface area contributed by atoms with Crippen LogP contribution in [-0.2, 0) is 16.2 Å². The van der Waals surface area contributed by atoms with E-state index in [0.29, 0.717) is 39.9 Å². The van der Waals surface area contributed by atoms with Crippen LogP contribution in [-0.4, -0.2) is 24.7 Å². The number of phenols is 1. The maximum atomic E-state index is 15.3. The van der Waals surface area contributed by atoms with E-state index in [2.05, 4.69) is 157 Å². The average Bonchev–Trinajstić information content (AvgIpc) is 3.32. The van der Waals surface area contributed by atoms with E-state index < -0.39 is 8.80 Å². The molecule has 0 unspecified atom stereocenters. The number of benzene rings is 4. The van der Waals surface area contributed by atoms with Crippen LogP contribution in [0.15, 0.2) is 66.7 Å². The molecule has 0 aliphatic heterocycles. The van der Waals surface area contributed by atoms with Crippen molar-refractivity contribution >= 4 is 30.6 Å². The molecule has 5 aromatic rings. The molecule has 0 atom stereocenters. The number of nitrogens with zero attached hydrogens (tertiary/aromatic N) is 1. The van der Waals surface area contributed by atoms with Crippen LogP contribution in [0.1, 0.15) is 127 Å². The highest BCUT2D eigenvalue weighted by atomic mass is 28.3. The standard InChI is InChI=1S/C47H63FNO2Si/c1-29(2)52(30(3)4)28-51-42-21-18-34(48)26-37(42)38-24-33(47(14,15)27-44(5,6)7)25-41(43(38)50)49-39-19-16-31(45(8,9)10)22-35(39)36-23-32(46(11,12)13)17-20-40(36)49/h16-26,29-30,50H,27-28H2,1-15H3. The van der Waals surface area contributed by atoms with Crippen LogP contribution in [0.25, 0.3) is 38.6 Å². The highest BCUT2D eigenvalue weighted by Crippen LogP contribution is 2.47. The van der Waals surface area contributed by atoms with Crippen molar-refractivity contribution in [2.75, 3.05) is 6.23 Å². The molecule has 0 bridgehead atoms. The molecule has 5 heteroatoms. The van der Waals surface area contributed by atoms with Gasteiger partial charge in [-0.1, -0.05) is 116 Å². The summed E-state index contributed by atoms with van der Waals surface area (Å²) in [7, 11) is -0.847. The third kappa shape index (κ3) is 8.15. The number of rotatable bonds is 9. The third-order valence-electron chi connectivity index (χ3n) is 10.7. The zero-order chi connectivity index (χ0) is 38.7. The number of aromatic nitrogens is 1. The van der Waals surface area contributed by atoms with Crippen LogP contribution in [0.5, 0.6) is 11.5 Å². The van der Waals surface area contributed by atoms with Crippen LogP contribution in [0, 0.1) is 11.2 Å². The maximum Gasteiger partial charge on any atom is 0.147 e. The summed E-state index contributed by atoms with van der Waals surface area (Å²) >= 11 is 0. The summed E-state index contributed by atoms with van der Waals surface area (Å²) in [6.45, 7) is 33.9. The van der Waals surface area contributed by atoms with E-state index in [9.17, 15) is 5.11 Å². The molecule has 0 aliphatic carbocycles. The van der Waals surface area contributed by atoms with Crippen molar-refractivity contribution in [3.63, 3.8) is 0 Å². The van der Waals surface area contributed by atoms with Crippen LogP contribution < -0.4 is 4.74 Å². The van der Waals surface area contributed by atoms with Crippen molar-refractivity contribution in [3.8, 4) is 28.3 Å². The molecule has 0 aliphatic rings. The summed E-state index contributed by atoms with van der Waals surface area (Å²) in [6, 6.07) is 22.5. The van der Waals surface area contributed by atoms with Crippen molar-refractivity contribution in [3.05, 3.63) is 89.2 Å². The summed E-state index contributed by atoms with van der Waals surface area (Å²) in [4.78, 5) is 0. The lowest BCUT2D eigenvalue weighted by Gasteiger charge is -2.34. The van der Waals surface area contributed by atoms with Gasteiger partial charge in [0.15, 0.2) is 0 Å². The largest absolute Gasteiger partial charge is 0.505 e. The van der Waals surface area contributed by atoms with Gasteiger partial charge in [0.1, 0.15) is 26.1 Å². The SMILES string of the molecule is CC(C)[Si](COc1ccc(F)cc1-c1cc(C(C)(C)CC(C)(C)C)cc(-n2c3ccc(C(C)(C)C)cc3c3cc(C(C)(C)C)ccc32)c1O)C(C)C. The van der Waals surface area contributed by atoms with E-state index in [4.69, 9.17) is 4.74 Å². The van der Waals surface area contributed by atoms with Crippen molar-refractivity contribution in [1.29, 1.82) is 0 Å². The van der Waals surface area contributed by atoms with Gasteiger partial charge in [-0.2, -0.15) is 0 Å². The summed E-state index contributed by atoms with van der Waals surface area (Å²) < 4.78 is 24.1. The molecule has 5 rings (SSSR count). The Morgan fingerprint density at radius 1 is 0.654 bits per heavy atom. The fraction of sp³-hybridized carbons (Fsp3) is 0.489. The number of fused-ring (bicyclic) bond motifs is 3. The molecule has 52 heavy (non-hydrogen) atoms. The quantitative estimate of drug-likeness (QED) is 0.154. The molecule has 279 valence electrons. The van der Waals surface area contributed by atoms with Gasteiger partial charge in [-0.15, -0.1) is 0 Å². The molecule has 1 aromatic heterocycles. The Morgan fingerprint density at radius 2 is 1.17 bits per heavy atom. The lowest BCUT2D eigenvalue weighted by molar-refractivity contribution is 0.284. The predicted molar refractivity (Wildman–Crippen MR) is 224 cm³/mol. The van der Waals surface area contributed by atoms with Crippen molar-refractivity contribution in [1.82, 2.24) is 4.57 Å². The molecule has 1 radical (unpaired) electrons. The van der Waals surface area contributed by atoms with E-state index in [0.717, 1.165) is 33.8 Å². The molecule has 0 fully saturated rings. The van der Waals surface area contributed by atoms with E-state index >= 15 is 4.39 Å². The number of aromatic hydroxyl groups is 1. The maximum absolute atomic E-state index is 15.3. The average molecular weight is 721 g/mol. The van der Waals surface area contributed by atoms with E-state index in [-0.39, 0.29) is 33.2 Å². The minimum Gasteiger partial charge on any atom is -0.505 e. The lowest BCUT2D eigenvalue weighted by Crippen LogP contribution is -2.29. The van der Waals surface area contributed by atoms with E-state index in [1.165, 1.54) is 23.3 Å². The first-order valence-corrected chi connectivity index (χ1v) is 21.0. The Hall–Kier alpha value is -3.57. The molecule has 1 heterocycles. The number of phenolic OH excluding ortho intramolecular Hbond substituents is 1. The summed E-state index contributed by atoms with van der Waals surface area (Å²) in [5.41, 5.74) is 8.30. The first-order valence-electron chi connectivity index (χ1n) is 19.1. The Bertz CT molecular complexity index is 2000. The molecule has 0 saturated carbocycles. The Kier molecular flexibility index (Phi) is 10.7. The first-order chi connectivity index (χ1) is 23.9. The van der Waals surface area contributed by atoms with Gasteiger partial charge in [-0.05, 0) is 110 Å². The fourth-order valence-corrected chi connectivity index (χ4v) is 10.4. The van der Waals surface area contributed by atoms with Crippen molar-refractivity contribution < 1.29 is 14.2 Å². The normalized spacial score (nSPS) is 13.4. The summed E-state index contributed by atoms with van der Waals surface area (Å²) in [5.74, 6) is 0.355. The van der Waals surface area contributed by atoms with Gasteiger partial charge in [0.2, 0.25) is 0 Å². The van der Waals surface area contributed by atoms with Gasteiger partial charge in [0, 0.05) is 21.9 Å². The zero-order valence-electron chi connectivity index (χ0n) is 34.6. The lowest BCUT2D eigenvalue weighted by atomic mass is 9.71. The first kappa shape index (κ1) is 39.6. The molecule has 3 nitrogen and oxygen atoms in total. The van der Waals surface area contributed by atoms with Crippen LogP contribution in [0.4, 0.5) is 4.39 Å². The molecular formula is C47H63FNO2Si. The number of hydrogen-bond acceptors (Lipinski definition) is 2. The minimum atomic E-state index is -0.847. The smallest absolute Gasteiger partial charge is 0.147 e. The van der Waals surface area contributed by atoms with Gasteiger partial charge in [-0.25, -0.2) is 4.39 Å². The van der Waals surface area contributed by atoms with Crippen LogP contribution in [0.2, 0.25) is 11.1 Å². The molecule has 0 spiro atoms. The topological polar surface area (TPSA) is 34.4 Å². The van der Waals surface area contributed by atoms with Gasteiger partial charge in [0.05, 0.1) is 23.0 Å². The zero-order valence-corrected chi connectivity index (χ0v) is 35.6. The van der Waals surface area contributed by atoms with Gasteiger partial charge < -0.3 is 14.4 Å². The van der Waals surface area contributed by atoms with E-state index in [1.54, 1.807) is 6.07 Å². The van der Waals surface area contributed by atoms with Gasteiger partial charge in [0.25, 0.3) is 0 Å². The molecule has 1 N–H and O–H groups in total. The van der Waals surface area contributed by atoms with Crippen molar-refractivity contribution in [2.24, 2.45) is 5.41 Å². The Morgan fingerprint density at radius 3 is 1.63 bits per heavy atom. The number of halogens is 1. The second-order valence-electron chi connectivity index (χ2n) is 19.6. The van der Waals surface area contributed by atoms with Crippen LogP contribution >= 0.6 is 0 Å². The van der Waals surface area contributed by atoms with Gasteiger partial charge >= 0.3 is 0 Å². The summed E-state index contributed by atoms with van der Waals surface area (Å²) in [6.07, 6.45) is 1.53. The third-order valence-corrected chi connectivity index (χ3v) is 14.1. The minimum absolute atomic E-state index is 0.0313. The van der Waals surface area contributed by atoms with Crippen molar-refractivity contribution in [2.45, 2.75) is 138 Å². The second kappa shape index (κ2) is 14.0. The number of hydrogen-bond donors (Lipinski definition) is 1. The van der Waals surface area contributed by atoms with Gasteiger partial charge in [-0.3, -0.25) is 0 Å². The molecule has 4 aromatic carbocycles. The molecular weight excluding hydrogens is 658 g/mol. The highest BCUT2D eigenvalue weighted by Gasteiger charge is 2.31. The number of ether oxygens (including phenoxy) is 1. The predicted octanol–water partition coefficient (Wildman–Crippen LogP) is 13.8. The summed E-state index contributed by atoms with van der Waals surface area (Å²) in [5, 5.41) is 14.9. The molecule has 0 amide bonds. The second-order valence-corrected chi connectivity index (χ2v) is 23.4. The monoisotopic (exact) mass is 720 g/mol. The van der Waals surface area contributed by atoms with E-state index in [1.807, 2.05) is 0 Å². The Labute approximate surface area is 315 Å².